The fourth-order valence-corrected chi connectivity index (χ4v) is 5.26. The third-order valence-electron chi connectivity index (χ3n) is 6.17. The maximum Gasteiger partial charge on any atom is -0.00437 e. The normalized spacial score (nSPS) is 38.8. The number of hydrogen-bond acceptors (Lipinski definition) is 0. The largest absolute Gasteiger partial charge is 0.0736 e. The summed E-state index contributed by atoms with van der Waals surface area (Å²) in [5.41, 5.74) is 4.50. The van der Waals surface area contributed by atoms with Crippen LogP contribution < -0.4 is 0 Å². The molecule has 0 heteroatoms. The topological polar surface area (TPSA) is 0 Å². The molecule has 0 radical (unpaired) electrons. The fourth-order valence-electron chi connectivity index (χ4n) is 5.26. The lowest BCUT2D eigenvalue weighted by atomic mass is 9.84. The van der Waals surface area contributed by atoms with Crippen LogP contribution in [0.2, 0.25) is 0 Å². The average molecular weight is 252 g/mol. The molecule has 3 aliphatic carbocycles. The van der Waals surface area contributed by atoms with Gasteiger partial charge in [0.15, 0.2) is 0 Å². The molecule has 2 fully saturated rings. The summed E-state index contributed by atoms with van der Waals surface area (Å²) in [5.74, 6) is 0.881. The van der Waals surface area contributed by atoms with Crippen molar-refractivity contribution >= 4 is 5.57 Å². The maximum absolute atomic E-state index is 2.71. The number of rotatable bonds is 4. The van der Waals surface area contributed by atoms with Crippen LogP contribution in [0.1, 0.15) is 57.4 Å². The van der Waals surface area contributed by atoms with Crippen LogP contribution in [0.25, 0.3) is 5.57 Å². The second kappa shape index (κ2) is 3.98. The second-order valence-corrected chi connectivity index (χ2v) is 7.00. The first-order chi connectivity index (χ1) is 9.31. The molecule has 1 aromatic rings. The summed E-state index contributed by atoms with van der Waals surface area (Å²) in [7, 11) is 0. The minimum Gasteiger partial charge on any atom is -0.0736 e. The van der Waals surface area contributed by atoms with Crippen LogP contribution in [0, 0.1) is 16.7 Å². The molecule has 0 amide bonds. The molecule has 1 aromatic carbocycles. The Labute approximate surface area is 116 Å². The van der Waals surface area contributed by atoms with Crippen molar-refractivity contribution in [2.45, 2.75) is 51.9 Å². The molecule has 3 atom stereocenters. The molecule has 0 saturated heterocycles. The predicted molar refractivity (Wildman–Crippen MR) is 80.8 cm³/mol. The van der Waals surface area contributed by atoms with Gasteiger partial charge in [0, 0.05) is 0 Å². The zero-order valence-corrected chi connectivity index (χ0v) is 12.0. The van der Waals surface area contributed by atoms with E-state index in [4.69, 9.17) is 0 Å². The zero-order chi connectivity index (χ0) is 12.9. The molecule has 2 saturated carbocycles. The van der Waals surface area contributed by atoms with Gasteiger partial charge >= 0.3 is 0 Å². The number of allylic oxidation sites excluding steroid dienone is 2. The molecule has 0 aliphatic heterocycles. The van der Waals surface area contributed by atoms with E-state index in [1.54, 1.807) is 5.57 Å². The van der Waals surface area contributed by atoms with Crippen molar-refractivity contribution in [3.8, 4) is 0 Å². The molecule has 0 N–H and O–H groups in total. The first-order valence-corrected chi connectivity index (χ1v) is 8.09. The van der Waals surface area contributed by atoms with Crippen LogP contribution in [-0.2, 0) is 0 Å². The lowest BCUT2D eigenvalue weighted by Gasteiger charge is -2.19. The third kappa shape index (κ3) is 1.46. The molecule has 3 aliphatic rings. The number of benzene rings is 1. The Balaban J connectivity index is 1.71. The quantitative estimate of drug-likeness (QED) is 0.668. The molecule has 100 valence electrons. The molecular weight excluding hydrogens is 228 g/mol. The van der Waals surface area contributed by atoms with E-state index in [9.17, 15) is 0 Å². The highest BCUT2D eigenvalue weighted by Crippen LogP contribution is 2.82. The summed E-state index contributed by atoms with van der Waals surface area (Å²) < 4.78 is 0. The van der Waals surface area contributed by atoms with Crippen molar-refractivity contribution in [3.63, 3.8) is 0 Å². The summed E-state index contributed by atoms with van der Waals surface area (Å²) in [6.45, 7) is 2.33. The minimum absolute atomic E-state index is 0.606. The number of hydrogen-bond donors (Lipinski definition) is 0. The third-order valence-corrected chi connectivity index (χ3v) is 6.17. The van der Waals surface area contributed by atoms with Crippen molar-refractivity contribution in [1.29, 1.82) is 0 Å². The maximum atomic E-state index is 2.71. The summed E-state index contributed by atoms with van der Waals surface area (Å²) in [6, 6.07) is 11.2. The Bertz CT molecular complexity index is 512. The van der Waals surface area contributed by atoms with Crippen LogP contribution in [-0.4, -0.2) is 0 Å². The average Bonchev–Trinajstić information content (AvgIpc) is 2.77. The van der Waals surface area contributed by atoms with Gasteiger partial charge in [0.2, 0.25) is 0 Å². The van der Waals surface area contributed by atoms with E-state index in [2.05, 4.69) is 43.3 Å². The standard InChI is InChI=1S/C19H24/c1-2-3-11-18-13-16(15-8-5-4-6-9-15)17-10-7-12-19(17,18)14-18/h4-6,8-9,13,17H,2-3,7,10-12,14H2,1H3/t17-,18+,19+/m0/s1. The molecule has 0 heterocycles. The summed E-state index contributed by atoms with van der Waals surface area (Å²) in [6.07, 6.45) is 12.8. The van der Waals surface area contributed by atoms with Crippen molar-refractivity contribution in [1.82, 2.24) is 0 Å². The predicted octanol–water partition coefficient (Wildman–Crippen LogP) is 5.45. The van der Waals surface area contributed by atoms with Gasteiger partial charge in [0.05, 0.1) is 0 Å². The van der Waals surface area contributed by atoms with E-state index >= 15 is 0 Å². The first kappa shape index (κ1) is 11.8. The molecule has 0 nitrogen and oxygen atoms in total. The summed E-state index contributed by atoms with van der Waals surface area (Å²) >= 11 is 0. The van der Waals surface area contributed by atoms with Crippen LogP contribution in [0.4, 0.5) is 0 Å². The highest BCUT2D eigenvalue weighted by atomic mass is 14.8. The number of unbranched alkanes of at least 4 members (excludes halogenated alkanes) is 1. The van der Waals surface area contributed by atoms with Crippen molar-refractivity contribution < 1.29 is 0 Å². The van der Waals surface area contributed by atoms with E-state index < -0.39 is 0 Å². The second-order valence-electron chi connectivity index (χ2n) is 7.00. The van der Waals surface area contributed by atoms with Crippen LogP contribution in [0.15, 0.2) is 36.4 Å². The molecule has 0 aromatic heterocycles. The molecule has 4 rings (SSSR count). The van der Waals surface area contributed by atoms with E-state index in [0.29, 0.717) is 10.8 Å². The molecule has 19 heavy (non-hydrogen) atoms. The van der Waals surface area contributed by atoms with Crippen molar-refractivity contribution in [3.05, 3.63) is 42.0 Å². The van der Waals surface area contributed by atoms with Gasteiger partial charge in [-0.1, -0.05) is 62.6 Å². The van der Waals surface area contributed by atoms with Gasteiger partial charge in [-0.2, -0.15) is 0 Å². The lowest BCUT2D eigenvalue weighted by Crippen LogP contribution is -2.11. The Hall–Kier alpha value is -1.04. The highest BCUT2D eigenvalue weighted by Gasteiger charge is 2.73. The van der Waals surface area contributed by atoms with E-state index in [1.807, 2.05) is 0 Å². The van der Waals surface area contributed by atoms with Crippen molar-refractivity contribution in [2.75, 3.05) is 0 Å². The Morgan fingerprint density at radius 1 is 1.21 bits per heavy atom. The van der Waals surface area contributed by atoms with E-state index in [1.165, 1.54) is 50.5 Å². The van der Waals surface area contributed by atoms with Gasteiger partial charge in [-0.15, -0.1) is 0 Å². The van der Waals surface area contributed by atoms with Gasteiger partial charge in [-0.05, 0) is 53.6 Å². The zero-order valence-electron chi connectivity index (χ0n) is 12.0. The molecule has 0 bridgehead atoms. The fraction of sp³-hybridized carbons (Fsp3) is 0.579. The monoisotopic (exact) mass is 252 g/mol. The van der Waals surface area contributed by atoms with Gasteiger partial charge < -0.3 is 0 Å². The van der Waals surface area contributed by atoms with Crippen LogP contribution in [0.3, 0.4) is 0 Å². The van der Waals surface area contributed by atoms with Crippen molar-refractivity contribution in [2.24, 2.45) is 16.7 Å². The first-order valence-electron chi connectivity index (χ1n) is 8.09. The lowest BCUT2D eigenvalue weighted by molar-refractivity contribution is 0.353. The Kier molecular flexibility index (Phi) is 2.46. The van der Waals surface area contributed by atoms with Gasteiger partial charge in [0.25, 0.3) is 0 Å². The van der Waals surface area contributed by atoms with Gasteiger partial charge in [0.1, 0.15) is 0 Å². The molecule has 1 spiro atoms. The molecular formula is C19H24. The smallest absolute Gasteiger partial charge is 0.00437 e. The van der Waals surface area contributed by atoms with E-state index in [-0.39, 0.29) is 0 Å². The van der Waals surface area contributed by atoms with Gasteiger partial charge in [-0.3, -0.25) is 0 Å². The Morgan fingerprint density at radius 2 is 2.05 bits per heavy atom. The van der Waals surface area contributed by atoms with E-state index in [0.717, 1.165) is 5.92 Å². The van der Waals surface area contributed by atoms with Crippen LogP contribution >= 0.6 is 0 Å². The molecule has 0 unspecified atom stereocenters. The summed E-state index contributed by atoms with van der Waals surface area (Å²) in [4.78, 5) is 0. The summed E-state index contributed by atoms with van der Waals surface area (Å²) in [5, 5.41) is 0. The van der Waals surface area contributed by atoms with Crippen LogP contribution in [0.5, 0.6) is 0 Å². The SMILES string of the molecule is CCCC[C@]12C=C(c3ccccc3)[C@@H]3CCC[C@@]31C2. The minimum atomic E-state index is 0.606. The Morgan fingerprint density at radius 3 is 2.84 bits per heavy atom. The van der Waals surface area contributed by atoms with Gasteiger partial charge in [-0.25, -0.2) is 0 Å². The highest BCUT2D eigenvalue weighted by molar-refractivity contribution is 5.75.